The third-order valence-corrected chi connectivity index (χ3v) is 6.01. The minimum atomic E-state index is -0.819. The summed E-state index contributed by atoms with van der Waals surface area (Å²) in [6, 6.07) is 6.10. The van der Waals surface area contributed by atoms with Crippen molar-refractivity contribution in [2.75, 3.05) is 13.1 Å². The van der Waals surface area contributed by atoms with Gasteiger partial charge in [-0.1, -0.05) is 77.6 Å². The van der Waals surface area contributed by atoms with Crippen LogP contribution in [0.15, 0.2) is 24.3 Å². The molecule has 2 unspecified atom stereocenters. The second-order valence-corrected chi connectivity index (χ2v) is 10.9. The third-order valence-electron chi connectivity index (χ3n) is 6.01. The summed E-state index contributed by atoms with van der Waals surface area (Å²) in [6.07, 6.45) is 5.04. The van der Waals surface area contributed by atoms with E-state index in [-0.39, 0.29) is 17.7 Å². The van der Waals surface area contributed by atoms with Crippen LogP contribution in [0, 0.1) is 12.8 Å². The van der Waals surface area contributed by atoms with Crippen molar-refractivity contribution in [2.24, 2.45) is 5.92 Å². The van der Waals surface area contributed by atoms with Crippen LogP contribution in [-0.4, -0.2) is 47.5 Å². The van der Waals surface area contributed by atoms with E-state index in [1.54, 1.807) is 25.7 Å². The molecule has 0 aliphatic carbocycles. The average Bonchev–Trinajstić information content (AvgIpc) is 2.79. The van der Waals surface area contributed by atoms with Crippen LogP contribution in [0.4, 0.5) is 4.79 Å². The van der Waals surface area contributed by atoms with Crippen LogP contribution >= 0.6 is 0 Å². The fourth-order valence-electron chi connectivity index (χ4n) is 4.05. The van der Waals surface area contributed by atoms with Gasteiger partial charge in [-0.2, -0.15) is 0 Å². The molecule has 3 amide bonds. The number of hydrogen-bond acceptors (Lipinski definition) is 4. The summed E-state index contributed by atoms with van der Waals surface area (Å²) in [5, 5.41) is 5.84. The lowest BCUT2D eigenvalue weighted by atomic mass is 9.96. The summed E-state index contributed by atoms with van der Waals surface area (Å²) < 4.78 is 5.43. The molecule has 1 aromatic rings. The molecule has 7 nitrogen and oxygen atoms in total. The molecule has 36 heavy (non-hydrogen) atoms. The Morgan fingerprint density at radius 1 is 0.972 bits per heavy atom. The van der Waals surface area contributed by atoms with Crippen molar-refractivity contribution in [3.8, 4) is 0 Å². The zero-order chi connectivity index (χ0) is 27.3. The molecule has 0 bridgehead atoms. The molecule has 7 heteroatoms. The number of benzene rings is 1. The van der Waals surface area contributed by atoms with Gasteiger partial charge in [-0.05, 0) is 57.6 Å². The second-order valence-electron chi connectivity index (χ2n) is 10.9. The van der Waals surface area contributed by atoms with Crippen LogP contribution in [-0.2, 0) is 14.3 Å². The van der Waals surface area contributed by atoms with Gasteiger partial charge in [0.05, 0.1) is 0 Å². The standard InChI is InChI=1S/C29H49N3O4/c1-9-11-15-19-30-26(33)25(23-18-14-13-17-22(23)5)32(20-16-12-10-2)27(34)24(21(3)4)31-28(35)36-29(6,7)8/h13-14,17-18,21,24-25H,9-12,15-16,19-20H2,1-8H3,(H,30,33)(H,31,35). The predicted octanol–water partition coefficient (Wildman–Crippen LogP) is 5.91. The monoisotopic (exact) mass is 503 g/mol. The van der Waals surface area contributed by atoms with E-state index in [9.17, 15) is 14.4 Å². The first-order valence-electron chi connectivity index (χ1n) is 13.6. The summed E-state index contributed by atoms with van der Waals surface area (Å²) in [5.74, 6) is -0.655. The van der Waals surface area contributed by atoms with Crippen molar-refractivity contribution in [1.29, 1.82) is 0 Å². The van der Waals surface area contributed by atoms with Crippen molar-refractivity contribution in [1.82, 2.24) is 15.5 Å². The van der Waals surface area contributed by atoms with E-state index in [0.29, 0.717) is 13.1 Å². The maximum absolute atomic E-state index is 14.1. The van der Waals surface area contributed by atoms with Crippen LogP contribution in [0.5, 0.6) is 0 Å². The van der Waals surface area contributed by atoms with Gasteiger partial charge in [0.25, 0.3) is 0 Å². The lowest BCUT2D eigenvalue weighted by molar-refractivity contribution is -0.143. The number of unbranched alkanes of at least 4 members (excludes halogenated alkanes) is 4. The van der Waals surface area contributed by atoms with E-state index >= 15 is 0 Å². The fourth-order valence-corrected chi connectivity index (χ4v) is 4.05. The smallest absolute Gasteiger partial charge is 0.408 e. The number of ether oxygens (including phenoxy) is 1. The highest BCUT2D eigenvalue weighted by molar-refractivity contribution is 5.92. The van der Waals surface area contributed by atoms with Crippen molar-refractivity contribution in [2.45, 2.75) is 112 Å². The third kappa shape index (κ3) is 10.6. The zero-order valence-corrected chi connectivity index (χ0v) is 23.8. The van der Waals surface area contributed by atoms with Gasteiger partial charge in [-0.15, -0.1) is 0 Å². The zero-order valence-electron chi connectivity index (χ0n) is 23.8. The second kappa shape index (κ2) is 15.5. The van der Waals surface area contributed by atoms with Crippen LogP contribution in [0.1, 0.15) is 104 Å². The summed E-state index contributed by atoms with van der Waals surface area (Å²) in [4.78, 5) is 42.0. The molecule has 0 spiro atoms. The van der Waals surface area contributed by atoms with Gasteiger partial charge in [0.15, 0.2) is 0 Å². The van der Waals surface area contributed by atoms with Crippen LogP contribution in [0.2, 0.25) is 0 Å². The minimum Gasteiger partial charge on any atom is -0.444 e. The average molecular weight is 504 g/mol. The number of amides is 3. The molecule has 0 aliphatic rings. The number of nitrogens with zero attached hydrogens (tertiary/aromatic N) is 1. The Morgan fingerprint density at radius 3 is 2.14 bits per heavy atom. The molecule has 0 aliphatic heterocycles. The van der Waals surface area contributed by atoms with E-state index in [0.717, 1.165) is 49.7 Å². The van der Waals surface area contributed by atoms with E-state index in [1.807, 2.05) is 45.0 Å². The number of nitrogens with one attached hydrogen (secondary N) is 2. The number of carbonyl (C=O) groups is 3. The molecule has 2 N–H and O–H groups in total. The van der Waals surface area contributed by atoms with E-state index in [2.05, 4.69) is 24.5 Å². The highest BCUT2D eigenvalue weighted by Gasteiger charge is 2.37. The Balaban J connectivity index is 3.40. The maximum Gasteiger partial charge on any atom is 0.408 e. The van der Waals surface area contributed by atoms with Gasteiger partial charge in [-0.25, -0.2) is 4.79 Å². The SMILES string of the molecule is CCCCCNC(=O)C(c1ccccc1C)N(CCCCC)C(=O)C(NC(=O)OC(C)(C)C)C(C)C. The number of alkyl carbamates (subject to hydrolysis) is 1. The van der Waals surface area contributed by atoms with Gasteiger partial charge in [0, 0.05) is 13.1 Å². The number of hydrogen-bond donors (Lipinski definition) is 2. The Bertz CT molecular complexity index is 832. The fraction of sp³-hybridized carbons (Fsp3) is 0.690. The Kier molecular flexibility index (Phi) is 13.6. The molecule has 0 aromatic heterocycles. The molecule has 0 saturated heterocycles. The lowest BCUT2D eigenvalue weighted by Crippen LogP contribution is -2.55. The normalized spacial score (nSPS) is 13.1. The largest absolute Gasteiger partial charge is 0.444 e. The van der Waals surface area contributed by atoms with E-state index in [1.165, 1.54) is 0 Å². The Morgan fingerprint density at radius 2 is 1.58 bits per heavy atom. The topological polar surface area (TPSA) is 87.7 Å². The number of carbonyl (C=O) groups excluding carboxylic acids is 3. The molecule has 0 radical (unpaired) electrons. The van der Waals surface area contributed by atoms with Gasteiger partial charge in [0.2, 0.25) is 11.8 Å². The highest BCUT2D eigenvalue weighted by Crippen LogP contribution is 2.27. The first kappa shape index (κ1) is 31.5. The Labute approximate surface area is 218 Å². The predicted molar refractivity (Wildman–Crippen MR) is 146 cm³/mol. The molecule has 2 atom stereocenters. The quantitative estimate of drug-likeness (QED) is 0.309. The minimum absolute atomic E-state index is 0.190. The molecular formula is C29H49N3O4. The Hall–Kier alpha value is -2.57. The first-order chi connectivity index (χ1) is 16.9. The van der Waals surface area contributed by atoms with E-state index in [4.69, 9.17) is 4.74 Å². The first-order valence-corrected chi connectivity index (χ1v) is 13.6. The molecule has 0 fully saturated rings. The van der Waals surface area contributed by atoms with Gasteiger partial charge in [0.1, 0.15) is 17.7 Å². The van der Waals surface area contributed by atoms with Crippen LogP contribution < -0.4 is 10.6 Å². The highest BCUT2D eigenvalue weighted by atomic mass is 16.6. The molecule has 1 rings (SSSR count). The number of aryl methyl sites for hydroxylation is 1. The van der Waals surface area contributed by atoms with Gasteiger partial charge < -0.3 is 20.3 Å². The molecule has 0 saturated carbocycles. The molecule has 204 valence electrons. The summed E-state index contributed by atoms with van der Waals surface area (Å²) >= 11 is 0. The number of rotatable bonds is 14. The van der Waals surface area contributed by atoms with Crippen molar-refractivity contribution in [3.63, 3.8) is 0 Å². The summed E-state index contributed by atoms with van der Waals surface area (Å²) in [6.45, 7) is 16.3. The van der Waals surface area contributed by atoms with Gasteiger partial charge in [-0.3, -0.25) is 9.59 Å². The van der Waals surface area contributed by atoms with Gasteiger partial charge >= 0.3 is 6.09 Å². The van der Waals surface area contributed by atoms with E-state index < -0.39 is 23.8 Å². The van der Waals surface area contributed by atoms with Crippen molar-refractivity contribution < 1.29 is 19.1 Å². The van der Waals surface area contributed by atoms with Crippen molar-refractivity contribution in [3.05, 3.63) is 35.4 Å². The summed E-state index contributed by atoms with van der Waals surface area (Å²) in [7, 11) is 0. The molecular weight excluding hydrogens is 454 g/mol. The summed E-state index contributed by atoms with van der Waals surface area (Å²) in [5.41, 5.74) is 1.06. The van der Waals surface area contributed by atoms with Crippen molar-refractivity contribution >= 4 is 17.9 Å². The maximum atomic E-state index is 14.1. The van der Waals surface area contributed by atoms with Crippen LogP contribution in [0.25, 0.3) is 0 Å². The lowest BCUT2D eigenvalue weighted by Gasteiger charge is -2.36. The molecule has 0 heterocycles. The van der Waals surface area contributed by atoms with Crippen LogP contribution in [0.3, 0.4) is 0 Å². The molecule has 1 aromatic carbocycles.